The largest absolute Gasteiger partial charge is 0.396 e. The van der Waals surface area contributed by atoms with E-state index in [9.17, 15) is 15.3 Å². The fraction of sp³-hybridized carbons (Fsp3) is 0.308. The van der Waals surface area contributed by atoms with E-state index in [2.05, 4.69) is 20.6 Å². The number of aromatic nitrogens is 5. The zero-order valence-corrected chi connectivity index (χ0v) is 20.9. The number of rotatable bonds is 7. The van der Waals surface area contributed by atoms with Gasteiger partial charge in [0.15, 0.2) is 0 Å². The highest BCUT2D eigenvalue weighted by Gasteiger charge is 2.41. The van der Waals surface area contributed by atoms with E-state index in [1.165, 1.54) is 0 Å². The van der Waals surface area contributed by atoms with Crippen molar-refractivity contribution in [2.45, 2.75) is 38.1 Å². The molecule has 0 spiro atoms. The first kappa shape index (κ1) is 23.7. The summed E-state index contributed by atoms with van der Waals surface area (Å²) < 4.78 is 1.05. The van der Waals surface area contributed by atoms with Gasteiger partial charge in [0.1, 0.15) is 16.9 Å². The maximum absolute atomic E-state index is 10.7. The lowest BCUT2D eigenvalue weighted by Crippen LogP contribution is -2.35. The van der Waals surface area contributed by atoms with Gasteiger partial charge in [0.25, 0.3) is 0 Å². The second-order valence-corrected chi connectivity index (χ2v) is 10.4. The summed E-state index contributed by atoms with van der Waals surface area (Å²) in [5.41, 5.74) is 5.26. The summed E-state index contributed by atoms with van der Waals surface area (Å²) in [6.07, 6.45) is 0.0367. The molecule has 3 heterocycles. The van der Waals surface area contributed by atoms with Crippen molar-refractivity contribution in [3.8, 4) is 10.6 Å². The molecule has 0 bridgehead atoms. The molecule has 1 aliphatic rings. The van der Waals surface area contributed by atoms with E-state index in [0.717, 1.165) is 43.1 Å². The Morgan fingerprint density at radius 2 is 1.92 bits per heavy atom. The van der Waals surface area contributed by atoms with Gasteiger partial charge in [0, 0.05) is 19.1 Å². The van der Waals surface area contributed by atoms with Gasteiger partial charge in [-0.2, -0.15) is 4.98 Å². The molecule has 3 aromatic heterocycles. The van der Waals surface area contributed by atoms with Crippen LogP contribution in [0.5, 0.6) is 0 Å². The maximum atomic E-state index is 10.7. The van der Waals surface area contributed by atoms with Crippen LogP contribution < -0.4 is 10.6 Å². The number of imidazole rings is 1. The van der Waals surface area contributed by atoms with Crippen LogP contribution >= 0.6 is 11.3 Å². The van der Waals surface area contributed by atoms with Gasteiger partial charge in [-0.25, -0.2) is 15.0 Å². The first-order chi connectivity index (χ1) is 18.0. The Balaban J connectivity index is 1.35. The van der Waals surface area contributed by atoms with Crippen molar-refractivity contribution in [1.82, 2.24) is 24.9 Å². The molecule has 0 aliphatic heterocycles. The third-order valence-electron chi connectivity index (χ3n) is 6.89. The predicted molar refractivity (Wildman–Crippen MR) is 143 cm³/mol. The van der Waals surface area contributed by atoms with E-state index >= 15 is 0 Å². The first-order valence-corrected chi connectivity index (χ1v) is 13.0. The average Bonchev–Trinajstić information content (AvgIpc) is 3.61. The summed E-state index contributed by atoms with van der Waals surface area (Å²) in [6.45, 7) is 2.21. The van der Waals surface area contributed by atoms with E-state index in [4.69, 9.17) is 15.0 Å². The Bertz CT molecular complexity index is 1540. The fourth-order valence-corrected chi connectivity index (χ4v) is 5.95. The minimum absolute atomic E-state index is 0.197. The monoisotopic (exact) mass is 517 g/mol. The molecule has 0 amide bonds. The standard InChI is InChI=1S/C26H27N7O3S/c1-13-21(25-32-17-4-2-3-5-20(17)37-25)24(31-19-9-15(11-34)22(35)23(19)36)33-26(30-13)27-10-14-6-7-16-18(8-14)29-12-28-16/h2-8,12,15,19,22-23,34-36H,9-11H2,1H3,(H,28,29)(H2,27,30,31,33)/t15-,19-,22-,23+/m1/s1. The van der Waals surface area contributed by atoms with Gasteiger partial charge >= 0.3 is 0 Å². The Morgan fingerprint density at radius 3 is 2.73 bits per heavy atom. The topological polar surface area (TPSA) is 152 Å². The summed E-state index contributed by atoms with van der Waals surface area (Å²) in [5, 5.41) is 38.0. The average molecular weight is 518 g/mol. The summed E-state index contributed by atoms with van der Waals surface area (Å²) in [4.78, 5) is 21.7. The number of nitrogens with zero attached hydrogens (tertiary/aromatic N) is 4. The van der Waals surface area contributed by atoms with Gasteiger partial charge in [-0.15, -0.1) is 11.3 Å². The number of thiazole rings is 1. The third-order valence-corrected chi connectivity index (χ3v) is 7.95. The first-order valence-electron chi connectivity index (χ1n) is 12.1. The van der Waals surface area contributed by atoms with Gasteiger partial charge in [-0.3, -0.25) is 0 Å². The second kappa shape index (κ2) is 9.67. The molecule has 10 nitrogen and oxygen atoms in total. The second-order valence-electron chi connectivity index (χ2n) is 9.36. The summed E-state index contributed by atoms with van der Waals surface area (Å²) in [5.74, 6) is 0.543. The van der Waals surface area contributed by atoms with Crippen LogP contribution in [0.15, 0.2) is 48.8 Å². The quantitative estimate of drug-likeness (QED) is 0.191. The third kappa shape index (κ3) is 4.51. The summed E-state index contributed by atoms with van der Waals surface area (Å²) >= 11 is 1.55. The molecule has 0 unspecified atom stereocenters. The molecule has 1 aliphatic carbocycles. The Morgan fingerprint density at radius 1 is 1.05 bits per heavy atom. The van der Waals surface area contributed by atoms with Crippen LogP contribution in [0.4, 0.5) is 11.8 Å². The lowest BCUT2D eigenvalue weighted by atomic mass is 10.1. The van der Waals surface area contributed by atoms with Crippen molar-refractivity contribution >= 4 is 44.4 Å². The number of nitrogens with one attached hydrogen (secondary N) is 3. The Kier molecular flexibility index (Phi) is 6.21. The normalized spacial score (nSPS) is 21.6. The molecular formula is C26H27N7O3S. The Labute approximate surface area is 216 Å². The van der Waals surface area contributed by atoms with E-state index in [0.29, 0.717) is 24.7 Å². The molecule has 4 atom stereocenters. The molecule has 11 heteroatoms. The molecule has 6 N–H and O–H groups in total. The molecule has 5 aromatic rings. The van der Waals surface area contributed by atoms with Gasteiger partial charge in [0.2, 0.25) is 5.95 Å². The van der Waals surface area contributed by atoms with Gasteiger partial charge in [0.05, 0.1) is 51.0 Å². The molecule has 37 heavy (non-hydrogen) atoms. The van der Waals surface area contributed by atoms with Crippen LogP contribution in [-0.2, 0) is 6.54 Å². The molecular weight excluding hydrogens is 490 g/mol. The van der Waals surface area contributed by atoms with Crippen LogP contribution in [0.1, 0.15) is 17.7 Å². The summed E-state index contributed by atoms with van der Waals surface area (Å²) in [6, 6.07) is 13.4. The molecule has 1 saturated carbocycles. The number of fused-ring (bicyclic) bond motifs is 2. The zero-order valence-electron chi connectivity index (χ0n) is 20.1. The minimum atomic E-state index is -1.03. The number of benzene rings is 2. The molecule has 6 rings (SSSR count). The SMILES string of the molecule is Cc1nc(NCc2ccc3[nH]cnc3c2)nc(N[C@@H]2C[C@H](CO)[C@@H](O)[C@H]2O)c1-c1nc2ccccc2s1. The van der Waals surface area contributed by atoms with Crippen molar-refractivity contribution in [3.63, 3.8) is 0 Å². The lowest BCUT2D eigenvalue weighted by Gasteiger charge is -2.21. The van der Waals surface area contributed by atoms with Crippen molar-refractivity contribution in [1.29, 1.82) is 0 Å². The van der Waals surface area contributed by atoms with Crippen LogP contribution in [0.2, 0.25) is 0 Å². The summed E-state index contributed by atoms with van der Waals surface area (Å²) in [7, 11) is 0. The van der Waals surface area contributed by atoms with Crippen LogP contribution in [0, 0.1) is 12.8 Å². The number of anilines is 2. The molecule has 190 valence electrons. The van der Waals surface area contributed by atoms with Crippen molar-refractivity contribution < 1.29 is 15.3 Å². The number of H-pyrrole nitrogens is 1. The van der Waals surface area contributed by atoms with Crippen LogP contribution in [0.25, 0.3) is 31.8 Å². The zero-order chi connectivity index (χ0) is 25.5. The molecule has 1 fully saturated rings. The van der Waals surface area contributed by atoms with Crippen molar-refractivity contribution in [3.05, 3.63) is 60.0 Å². The van der Waals surface area contributed by atoms with Gasteiger partial charge in [-0.05, 0) is 43.2 Å². The molecule has 0 saturated heterocycles. The number of aryl methyl sites for hydroxylation is 1. The van der Waals surface area contributed by atoms with Gasteiger partial charge in [-0.1, -0.05) is 18.2 Å². The highest BCUT2D eigenvalue weighted by Crippen LogP contribution is 2.38. The maximum Gasteiger partial charge on any atom is 0.225 e. The van der Waals surface area contributed by atoms with Gasteiger partial charge < -0.3 is 30.9 Å². The van der Waals surface area contributed by atoms with E-state index < -0.39 is 24.2 Å². The smallest absolute Gasteiger partial charge is 0.225 e. The van der Waals surface area contributed by atoms with Crippen molar-refractivity contribution in [2.75, 3.05) is 17.2 Å². The number of hydrogen-bond acceptors (Lipinski definition) is 10. The van der Waals surface area contributed by atoms with E-state index in [-0.39, 0.29) is 6.61 Å². The number of aliphatic hydroxyl groups excluding tert-OH is 3. The van der Waals surface area contributed by atoms with E-state index in [1.807, 2.05) is 49.4 Å². The number of aromatic amines is 1. The van der Waals surface area contributed by atoms with Crippen LogP contribution in [0.3, 0.4) is 0 Å². The Hall–Kier alpha value is -3.64. The predicted octanol–water partition coefficient (Wildman–Crippen LogP) is 3.06. The number of hydrogen-bond donors (Lipinski definition) is 6. The number of aliphatic hydroxyl groups is 3. The highest BCUT2D eigenvalue weighted by atomic mass is 32.1. The fourth-order valence-electron chi connectivity index (χ4n) is 4.88. The molecule has 0 radical (unpaired) electrons. The van der Waals surface area contributed by atoms with Crippen LogP contribution in [-0.4, -0.2) is 65.1 Å². The minimum Gasteiger partial charge on any atom is -0.396 e. The van der Waals surface area contributed by atoms with Crippen molar-refractivity contribution in [2.24, 2.45) is 5.92 Å². The van der Waals surface area contributed by atoms with E-state index in [1.54, 1.807) is 17.7 Å². The highest BCUT2D eigenvalue weighted by molar-refractivity contribution is 7.21. The molecule has 2 aromatic carbocycles. The number of para-hydroxylation sites is 1. The lowest BCUT2D eigenvalue weighted by molar-refractivity contribution is 0.00446.